The van der Waals surface area contributed by atoms with E-state index in [1.54, 1.807) is 0 Å². The normalized spacial score (nSPS) is 14.9. The molecule has 0 spiro atoms. The lowest BCUT2D eigenvalue weighted by atomic mass is 10.1. The highest BCUT2D eigenvalue weighted by Crippen LogP contribution is 2.13. The number of nitrogens with one attached hydrogen (secondary N) is 2. The second-order valence-electron chi connectivity index (χ2n) is 6.26. The van der Waals surface area contributed by atoms with Crippen molar-refractivity contribution < 1.29 is 24.3 Å². The number of carboxylic acid groups (broad SMARTS) is 1. The van der Waals surface area contributed by atoms with Gasteiger partial charge < -0.3 is 36.8 Å². The molecule has 1 aromatic rings. The molecular weight excluding hydrogens is 370 g/mol. The third kappa shape index (κ3) is 8.31. The summed E-state index contributed by atoms with van der Waals surface area (Å²) in [4.78, 5) is 31.0. The number of rotatable bonds is 12. The molecule has 8 N–H and O–H groups in total. The molecule has 0 fully saturated rings. The van der Waals surface area contributed by atoms with Crippen LogP contribution in [-0.4, -0.2) is 56.9 Å². The van der Waals surface area contributed by atoms with E-state index in [-0.39, 0.29) is 12.4 Å². The molecule has 0 aliphatic carbocycles. The lowest BCUT2D eigenvalue weighted by Gasteiger charge is -2.16. The maximum atomic E-state index is 11.7. The number of unbranched alkanes of at least 4 members (excludes halogenated alkanes) is 1. The Morgan fingerprint density at radius 1 is 1.36 bits per heavy atom. The van der Waals surface area contributed by atoms with Gasteiger partial charge in [-0.15, -0.1) is 0 Å². The summed E-state index contributed by atoms with van der Waals surface area (Å²) in [5.74, 6) is -0.267. The number of hydrogen-bond donors (Lipinski definition) is 6. The van der Waals surface area contributed by atoms with Crippen LogP contribution in [0.5, 0.6) is 0 Å². The Labute approximate surface area is 162 Å². The number of hydrogen-bond acceptors (Lipinski definition) is 8. The van der Waals surface area contributed by atoms with Crippen molar-refractivity contribution in [3.63, 3.8) is 0 Å². The molecule has 0 aliphatic heterocycles. The van der Waals surface area contributed by atoms with E-state index in [0.29, 0.717) is 24.6 Å². The number of aromatic nitrogens is 2. The van der Waals surface area contributed by atoms with Crippen LogP contribution in [0.15, 0.2) is 9.52 Å². The Hall–Kier alpha value is -2.73. The lowest BCUT2D eigenvalue weighted by molar-refractivity contribution is -0.141. The smallest absolute Gasteiger partial charge is 0.328 e. The van der Waals surface area contributed by atoms with Gasteiger partial charge in [-0.25, -0.2) is 9.59 Å². The minimum atomic E-state index is -1.43. The van der Waals surface area contributed by atoms with E-state index in [1.807, 2.05) is 6.92 Å². The van der Waals surface area contributed by atoms with Gasteiger partial charge in [0.15, 0.2) is 11.9 Å². The number of aliphatic imine (C=N–C) groups is 1. The minimum absolute atomic E-state index is 0.108. The van der Waals surface area contributed by atoms with Crippen LogP contribution in [0.3, 0.4) is 0 Å². The van der Waals surface area contributed by atoms with Gasteiger partial charge in [0.1, 0.15) is 0 Å². The minimum Gasteiger partial charge on any atom is -0.480 e. The maximum absolute atomic E-state index is 11.7. The SMILES string of the molecule is CCC(N)=NCCCCC(N)c1noc(CNC(=O)NC(C(=O)O)C(C)O)n1. The van der Waals surface area contributed by atoms with Crippen molar-refractivity contribution in [3.05, 3.63) is 11.7 Å². The number of amidine groups is 1. The molecule has 1 rings (SSSR count). The number of urea groups is 1. The summed E-state index contributed by atoms with van der Waals surface area (Å²) in [5.41, 5.74) is 11.7. The van der Waals surface area contributed by atoms with Crippen molar-refractivity contribution in [2.24, 2.45) is 16.5 Å². The number of carbonyl (C=O) groups excluding carboxylic acids is 1. The van der Waals surface area contributed by atoms with Crippen molar-refractivity contribution in [1.29, 1.82) is 0 Å². The highest BCUT2D eigenvalue weighted by molar-refractivity contribution is 5.82. The van der Waals surface area contributed by atoms with Crippen molar-refractivity contribution in [1.82, 2.24) is 20.8 Å². The van der Waals surface area contributed by atoms with Crippen molar-refractivity contribution in [2.75, 3.05) is 6.54 Å². The fraction of sp³-hybridized carbons (Fsp3) is 0.688. The average molecular weight is 399 g/mol. The standard InChI is InChI=1S/C16H29N7O5/c1-3-11(18)19-7-5-4-6-10(17)14-21-12(28-23-14)8-20-16(27)22-13(9(2)24)15(25)26/h9-10,13,24H,3-8,17H2,1-2H3,(H2,18,19)(H,25,26)(H2,20,22,27). The third-order valence-corrected chi connectivity index (χ3v) is 3.85. The first-order chi connectivity index (χ1) is 13.2. The van der Waals surface area contributed by atoms with Gasteiger partial charge in [0, 0.05) is 13.0 Å². The van der Waals surface area contributed by atoms with E-state index in [2.05, 4.69) is 25.8 Å². The summed E-state index contributed by atoms with van der Waals surface area (Å²) in [6.45, 7) is 3.74. The number of amides is 2. The van der Waals surface area contributed by atoms with Gasteiger partial charge in [0.05, 0.1) is 24.5 Å². The predicted octanol–water partition coefficient (Wildman–Crippen LogP) is -0.360. The molecule has 1 aromatic heterocycles. The van der Waals surface area contributed by atoms with Gasteiger partial charge >= 0.3 is 12.0 Å². The van der Waals surface area contributed by atoms with Crippen molar-refractivity contribution in [3.8, 4) is 0 Å². The second kappa shape index (κ2) is 11.9. The number of aliphatic hydroxyl groups is 1. The fourth-order valence-corrected chi connectivity index (χ4v) is 2.17. The number of nitrogens with zero attached hydrogens (tertiary/aromatic N) is 3. The largest absolute Gasteiger partial charge is 0.480 e. The predicted molar refractivity (Wildman–Crippen MR) is 100 cm³/mol. The fourth-order valence-electron chi connectivity index (χ4n) is 2.17. The van der Waals surface area contributed by atoms with Crippen LogP contribution in [0.2, 0.25) is 0 Å². The summed E-state index contributed by atoms with van der Waals surface area (Å²) in [6.07, 6.45) is 1.79. The van der Waals surface area contributed by atoms with Crippen LogP contribution >= 0.6 is 0 Å². The Morgan fingerprint density at radius 3 is 2.68 bits per heavy atom. The molecule has 158 valence electrons. The zero-order chi connectivity index (χ0) is 21.1. The molecule has 0 saturated carbocycles. The van der Waals surface area contributed by atoms with E-state index in [4.69, 9.17) is 21.1 Å². The molecule has 3 atom stereocenters. The quantitative estimate of drug-likeness (QED) is 0.154. The number of carboxylic acids is 1. The first-order valence-electron chi connectivity index (χ1n) is 9.06. The van der Waals surface area contributed by atoms with Gasteiger partial charge in [-0.05, 0) is 26.2 Å². The van der Waals surface area contributed by atoms with E-state index in [0.717, 1.165) is 19.3 Å². The monoisotopic (exact) mass is 399 g/mol. The third-order valence-electron chi connectivity index (χ3n) is 3.85. The lowest BCUT2D eigenvalue weighted by Crippen LogP contribution is -2.51. The molecule has 2 amide bonds. The highest BCUT2D eigenvalue weighted by Gasteiger charge is 2.25. The molecule has 12 heteroatoms. The highest BCUT2D eigenvalue weighted by atomic mass is 16.5. The summed E-state index contributed by atoms with van der Waals surface area (Å²) >= 11 is 0. The van der Waals surface area contributed by atoms with Gasteiger partial charge in [0.25, 0.3) is 0 Å². The van der Waals surface area contributed by atoms with Crippen molar-refractivity contribution >= 4 is 17.8 Å². The summed E-state index contributed by atoms with van der Waals surface area (Å²) < 4.78 is 5.02. The Morgan fingerprint density at radius 2 is 2.07 bits per heavy atom. The van der Waals surface area contributed by atoms with Crippen LogP contribution in [0.4, 0.5) is 4.79 Å². The molecule has 1 heterocycles. The number of carbonyl (C=O) groups is 2. The molecule has 12 nitrogen and oxygen atoms in total. The number of aliphatic hydroxyl groups excluding tert-OH is 1. The van der Waals surface area contributed by atoms with E-state index < -0.39 is 30.2 Å². The van der Waals surface area contributed by atoms with Gasteiger partial charge in [-0.2, -0.15) is 4.98 Å². The Kier molecular flexibility index (Phi) is 9.88. The van der Waals surface area contributed by atoms with E-state index >= 15 is 0 Å². The van der Waals surface area contributed by atoms with Crippen LogP contribution < -0.4 is 22.1 Å². The van der Waals surface area contributed by atoms with Crippen LogP contribution in [0, 0.1) is 0 Å². The summed E-state index contributed by atoms with van der Waals surface area (Å²) in [6, 6.07) is -2.63. The number of nitrogens with two attached hydrogens (primary N) is 2. The second-order valence-corrected chi connectivity index (χ2v) is 6.26. The zero-order valence-electron chi connectivity index (χ0n) is 16.1. The molecule has 0 saturated heterocycles. The van der Waals surface area contributed by atoms with E-state index in [9.17, 15) is 14.7 Å². The molecule has 0 aliphatic rings. The van der Waals surface area contributed by atoms with Crippen molar-refractivity contribution in [2.45, 2.75) is 64.3 Å². The summed E-state index contributed by atoms with van der Waals surface area (Å²) in [5, 5.41) is 26.6. The van der Waals surface area contributed by atoms with Gasteiger partial charge in [-0.1, -0.05) is 12.1 Å². The number of aliphatic carboxylic acids is 1. The molecule has 28 heavy (non-hydrogen) atoms. The molecule has 0 bridgehead atoms. The van der Waals surface area contributed by atoms with Gasteiger partial charge in [-0.3, -0.25) is 4.99 Å². The first kappa shape index (κ1) is 23.3. The average Bonchev–Trinajstić information content (AvgIpc) is 3.12. The van der Waals surface area contributed by atoms with Crippen LogP contribution in [-0.2, 0) is 11.3 Å². The van der Waals surface area contributed by atoms with Crippen LogP contribution in [0.1, 0.15) is 57.3 Å². The van der Waals surface area contributed by atoms with Crippen LogP contribution in [0.25, 0.3) is 0 Å². The molecule has 0 radical (unpaired) electrons. The maximum Gasteiger partial charge on any atom is 0.328 e. The van der Waals surface area contributed by atoms with E-state index in [1.165, 1.54) is 6.92 Å². The first-order valence-corrected chi connectivity index (χ1v) is 9.06. The molecular formula is C16H29N7O5. The summed E-state index contributed by atoms with van der Waals surface area (Å²) in [7, 11) is 0. The zero-order valence-corrected chi connectivity index (χ0v) is 16.1. The molecule has 3 unspecified atom stereocenters. The Balaban J connectivity index is 2.38. The van der Waals surface area contributed by atoms with Gasteiger partial charge in [0.2, 0.25) is 5.89 Å². The molecule has 0 aromatic carbocycles. The Bertz CT molecular complexity index is 662. The topological polar surface area (TPSA) is 202 Å².